The van der Waals surface area contributed by atoms with Crippen LogP contribution in [0.5, 0.6) is 0 Å². The lowest BCUT2D eigenvalue weighted by Gasteiger charge is -2.33. The number of thiophene rings is 1. The van der Waals surface area contributed by atoms with E-state index >= 15 is 0 Å². The SMILES string of the molecule is CC1CCCN(c2nc3sc4c(c3c(=O)n2-c2ccc(Cl)cc2)CCN(C)C4)C1. The summed E-state index contributed by atoms with van der Waals surface area (Å²) in [6.07, 6.45) is 3.26. The van der Waals surface area contributed by atoms with Gasteiger partial charge in [-0.15, -0.1) is 11.3 Å². The predicted molar refractivity (Wildman–Crippen MR) is 121 cm³/mol. The summed E-state index contributed by atoms with van der Waals surface area (Å²) >= 11 is 7.81. The quantitative estimate of drug-likeness (QED) is 0.609. The topological polar surface area (TPSA) is 41.4 Å². The molecule has 2 aromatic heterocycles. The van der Waals surface area contributed by atoms with Crippen molar-refractivity contribution in [2.75, 3.05) is 31.6 Å². The van der Waals surface area contributed by atoms with E-state index in [9.17, 15) is 4.79 Å². The third kappa shape index (κ3) is 3.37. The highest BCUT2D eigenvalue weighted by molar-refractivity contribution is 7.18. The van der Waals surface area contributed by atoms with E-state index in [1.807, 2.05) is 28.8 Å². The molecule has 0 amide bonds. The second kappa shape index (κ2) is 7.42. The van der Waals surface area contributed by atoms with Gasteiger partial charge in [0, 0.05) is 36.1 Å². The average Bonchev–Trinajstić information content (AvgIpc) is 3.06. The number of rotatable bonds is 2. The predicted octanol–water partition coefficient (Wildman–Crippen LogP) is 4.32. The lowest BCUT2D eigenvalue weighted by molar-refractivity contribution is 0.318. The van der Waals surface area contributed by atoms with Crippen LogP contribution in [-0.2, 0) is 13.0 Å². The van der Waals surface area contributed by atoms with Crippen molar-refractivity contribution in [2.24, 2.45) is 5.92 Å². The number of hydrogen-bond acceptors (Lipinski definition) is 5. The first-order valence-corrected chi connectivity index (χ1v) is 11.5. The minimum absolute atomic E-state index is 0.0487. The number of nitrogens with zero attached hydrogens (tertiary/aromatic N) is 4. The molecule has 1 aromatic carbocycles. The third-order valence-electron chi connectivity index (χ3n) is 6.07. The summed E-state index contributed by atoms with van der Waals surface area (Å²) in [7, 11) is 2.13. The average molecular weight is 429 g/mol. The van der Waals surface area contributed by atoms with E-state index in [1.165, 1.54) is 16.9 Å². The highest BCUT2D eigenvalue weighted by Gasteiger charge is 2.27. The Labute approximate surface area is 179 Å². The van der Waals surface area contributed by atoms with E-state index in [1.54, 1.807) is 11.3 Å². The zero-order valence-corrected chi connectivity index (χ0v) is 18.4. The Kier molecular flexibility index (Phi) is 4.88. The number of anilines is 1. The first-order valence-electron chi connectivity index (χ1n) is 10.3. The van der Waals surface area contributed by atoms with Gasteiger partial charge in [-0.05, 0) is 62.1 Å². The molecule has 5 rings (SSSR count). The number of fused-ring (bicyclic) bond motifs is 3. The molecular weight excluding hydrogens is 404 g/mol. The van der Waals surface area contributed by atoms with Crippen LogP contribution in [0.2, 0.25) is 5.02 Å². The zero-order valence-electron chi connectivity index (χ0n) is 16.8. The molecule has 1 saturated heterocycles. The first kappa shape index (κ1) is 19.1. The van der Waals surface area contributed by atoms with Crippen molar-refractivity contribution < 1.29 is 0 Å². The van der Waals surface area contributed by atoms with Crippen LogP contribution in [-0.4, -0.2) is 41.1 Å². The van der Waals surface area contributed by atoms with E-state index in [0.717, 1.165) is 60.9 Å². The van der Waals surface area contributed by atoms with Crippen molar-refractivity contribution in [2.45, 2.75) is 32.7 Å². The van der Waals surface area contributed by atoms with Gasteiger partial charge in [-0.1, -0.05) is 18.5 Å². The molecule has 0 spiro atoms. The van der Waals surface area contributed by atoms with Gasteiger partial charge in [-0.2, -0.15) is 0 Å². The summed E-state index contributed by atoms with van der Waals surface area (Å²) in [6, 6.07) is 7.52. The molecule has 152 valence electrons. The van der Waals surface area contributed by atoms with Crippen molar-refractivity contribution >= 4 is 39.1 Å². The Balaban J connectivity index is 1.76. The van der Waals surface area contributed by atoms with E-state index < -0.39 is 0 Å². The maximum Gasteiger partial charge on any atom is 0.268 e. The van der Waals surface area contributed by atoms with Crippen LogP contribution in [0, 0.1) is 5.92 Å². The van der Waals surface area contributed by atoms with Crippen LogP contribution < -0.4 is 10.5 Å². The molecule has 7 heteroatoms. The smallest absolute Gasteiger partial charge is 0.268 e. The largest absolute Gasteiger partial charge is 0.342 e. The molecule has 2 aliphatic rings. The number of halogens is 1. The summed E-state index contributed by atoms with van der Waals surface area (Å²) in [6.45, 7) is 6.01. The van der Waals surface area contributed by atoms with E-state index in [-0.39, 0.29) is 5.56 Å². The molecule has 0 aliphatic carbocycles. The Morgan fingerprint density at radius 2 is 2.00 bits per heavy atom. The fraction of sp³-hybridized carbons (Fsp3) is 0.455. The molecular formula is C22H25ClN4OS. The second-order valence-corrected chi connectivity index (χ2v) is 9.91. The molecule has 0 radical (unpaired) electrons. The first-order chi connectivity index (χ1) is 14.0. The maximum atomic E-state index is 13.8. The zero-order chi connectivity index (χ0) is 20.1. The molecule has 5 nitrogen and oxygen atoms in total. The second-order valence-electron chi connectivity index (χ2n) is 8.39. The van der Waals surface area contributed by atoms with E-state index in [0.29, 0.717) is 10.9 Å². The van der Waals surface area contributed by atoms with Gasteiger partial charge in [-0.3, -0.25) is 4.79 Å². The number of benzene rings is 1. The van der Waals surface area contributed by atoms with Gasteiger partial charge < -0.3 is 9.80 Å². The standard InChI is InChI=1S/C22H25ClN4OS/c1-14-4-3-10-26(12-14)22-24-20-19(17-9-11-25(2)13-18(17)29-20)21(28)27(22)16-7-5-15(23)6-8-16/h5-8,14H,3-4,9-13H2,1-2H3. The van der Waals surface area contributed by atoms with Gasteiger partial charge in [0.2, 0.25) is 5.95 Å². The highest BCUT2D eigenvalue weighted by atomic mass is 35.5. The van der Waals surface area contributed by atoms with Crippen LogP contribution in [0.1, 0.15) is 30.2 Å². The minimum atomic E-state index is 0.0487. The normalized spacial score (nSPS) is 20.2. The number of aromatic nitrogens is 2. The third-order valence-corrected chi connectivity index (χ3v) is 7.43. The van der Waals surface area contributed by atoms with Gasteiger partial charge in [0.15, 0.2) is 0 Å². The highest BCUT2D eigenvalue weighted by Crippen LogP contribution is 2.34. The number of piperidine rings is 1. The van der Waals surface area contributed by atoms with Crippen molar-refractivity contribution in [1.29, 1.82) is 0 Å². The molecule has 0 bridgehead atoms. The molecule has 29 heavy (non-hydrogen) atoms. The summed E-state index contributed by atoms with van der Waals surface area (Å²) < 4.78 is 1.81. The fourth-order valence-electron chi connectivity index (χ4n) is 4.57. The Hall–Kier alpha value is -1.89. The molecule has 0 N–H and O–H groups in total. The molecule has 1 fully saturated rings. The Morgan fingerprint density at radius 3 is 2.76 bits per heavy atom. The van der Waals surface area contributed by atoms with Crippen LogP contribution in [0.25, 0.3) is 15.9 Å². The van der Waals surface area contributed by atoms with Crippen molar-refractivity contribution in [1.82, 2.24) is 14.5 Å². The summed E-state index contributed by atoms with van der Waals surface area (Å²) in [5, 5.41) is 1.47. The minimum Gasteiger partial charge on any atom is -0.342 e. The van der Waals surface area contributed by atoms with Crippen molar-refractivity contribution in [3.63, 3.8) is 0 Å². The van der Waals surface area contributed by atoms with Gasteiger partial charge in [0.25, 0.3) is 5.56 Å². The van der Waals surface area contributed by atoms with Gasteiger partial charge in [-0.25, -0.2) is 9.55 Å². The van der Waals surface area contributed by atoms with Crippen molar-refractivity contribution in [3.8, 4) is 5.69 Å². The molecule has 3 aromatic rings. The Bertz CT molecular complexity index is 1120. The lowest BCUT2D eigenvalue weighted by Crippen LogP contribution is -2.39. The van der Waals surface area contributed by atoms with Crippen LogP contribution in [0.15, 0.2) is 29.1 Å². The van der Waals surface area contributed by atoms with Gasteiger partial charge in [0.1, 0.15) is 4.83 Å². The van der Waals surface area contributed by atoms with Crippen LogP contribution in [0.4, 0.5) is 5.95 Å². The van der Waals surface area contributed by atoms with E-state index in [4.69, 9.17) is 16.6 Å². The Morgan fingerprint density at radius 1 is 1.21 bits per heavy atom. The lowest BCUT2D eigenvalue weighted by atomic mass is 10.0. The molecule has 1 unspecified atom stereocenters. The molecule has 4 heterocycles. The van der Waals surface area contributed by atoms with Gasteiger partial charge in [0.05, 0.1) is 11.1 Å². The summed E-state index contributed by atoms with van der Waals surface area (Å²) in [5.41, 5.74) is 2.07. The van der Waals surface area contributed by atoms with Crippen LogP contribution in [0.3, 0.4) is 0 Å². The number of likely N-dealkylation sites (N-methyl/N-ethyl adjacent to an activating group) is 1. The fourth-order valence-corrected chi connectivity index (χ4v) is 5.98. The number of hydrogen-bond donors (Lipinski definition) is 0. The molecule has 0 saturated carbocycles. The van der Waals surface area contributed by atoms with Crippen LogP contribution >= 0.6 is 22.9 Å². The molecule has 2 aliphatic heterocycles. The van der Waals surface area contributed by atoms with E-state index in [2.05, 4.69) is 23.8 Å². The summed E-state index contributed by atoms with van der Waals surface area (Å²) in [4.78, 5) is 25.7. The monoisotopic (exact) mass is 428 g/mol. The summed E-state index contributed by atoms with van der Waals surface area (Å²) in [5.74, 6) is 1.36. The van der Waals surface area contributed by atoms with Crippen molar-refractivity contribution in [3.05, 3.63) is 50.1 Å². The van der Waals surface area contributed by atoms with Gasteiger partial charge >= 0.3 is 0 Å². The molecule has 1 atom stereocenters. The maximum absolute atomic E-state index is 13.8.